The van der Waals surface area contributed by atoms with Crippen LogP contribution in [-0.4, -0.2) is 17.6 Å². The molecule has 2 aromatic carbocycles. The van der Waals surface area contributed by atoms with Gasteiger partial charge < -0.3 is 9.30 Å². The Hall–Kier alpha value is -2.00. The van der Waals surface area contributed by atoms with Crippen LogP contribution in [0.5, 0.6) is 0 Å². The van der Waals surface area contributed by atoms with Gasteiger partial charge in [0.15, 0.2) is 0 Å². The third-order valence-electron chi connectivity index (χ3n) is 3.56. The Labute approximate surface area is 121 Å². The summed E-state index contributed by atoms with van der Waals surface area (Å²) in [5.74, 6) is -0.327. The summed E-state index contributed by atoms with van der Waals surface area (Å²) in [7, 11) is 1.39. The number of aryl methyl sites for hydroxylation is 1. The normalized spacial score (nSPS) is 11.2. The lowest BCUT2D eigenvalue weighted by atomic mass is 10.1. The van der Waals surface area contributed by atoms with Crippen LogP contribution in [0.25, 0.3) is 21.8 Å². The first-order valence-corrected chi connectivity index (χ1v) is 6.83. The fourth-order valence-electron chi connectivity index (χ4n) is 2.66. The number of benzene rings is 2. The van der Waals surface area contributed by atoms with Crippen LogP contribution in [0.3, 0.4) is 0 Å². The second-order valence-electron chi connectivity index (χ2n) is 4.63. The highest BCUT2D eigenvalue weighted by molar-refractivity contribution is 6.31. The molecule has 0 amide bonds. The molecule has 0 N–H and O–H groups in total. The first kappa shape index (κ1) is 13.0. The van der Waals surface area contributed by atoms with Crippen LogP contribution in [-0.2, 0) is 11.3 Å². The first-order chi connectivity index (χ1) is 9.65. The molecule has 3 rings (SSSR count). The summed E-state index contributed by atoms with van der Waals surface area (Å²) in [6, 6.07) is 11.5. The van der Waals surface area contributed by atoms with Crippen LogP contribution in [0.4, 0.5) is 0 Å². The van der Waals surface area contributed by atoms with Gasteiger partial charge in [-0.1, -0.05) is 11.6 Å². The van der Waals surface area contributed by atoms with Crippen LogP contribution < -0.4 is 0 Å². The number of rotatable bonds is 2. The molecule has 1 aromatic heterocycles. The molecule has 0 bridgehead atoms. The van der Waals surface area contributed by atoms with Crippen molar-refractivity contribution in [3.8, 4) is 0 Å². The van der Waals surface area contributed by atoms with Gasteiger partial charge in [0.2, 0.25) is 0 Å². The molecule has 0 spiro atoms. The van der Waals surface area contributed by atoms with E-state index in [1.807, 2.05) is 30.3 Å². The molecule has 102 valence electrons. The van der Waals surface area contributed by atoms with E-state index >= 15 is 0 Å². The van der Waals surface area contributed by atoms with Crippen molar-refractivity contribution in [2.24, 2.45) is 0 Å². The summed E-state index contributed by atoms with van der Waals surface area (Å²) >= 11 is 6.10. The van der Waals surface area contributed by atoms with E-state index in [1.165, 1.54) is 7.11 Å². The summed E-state index contributed by atoms with van der Waals surface area (Å²) in [6.45, 7) is 2.96. The van der Waals surface area contributed by atoms with E-state index in [2.05, 4.69) is 11.5 Å². The summed E-state index contributed by atoms with van der Waals surface area (Å²) < 4.78 is 6.99. The lowest BCUT2D eigenvalue weighted by Gasteiger charge is -2.03. The standard InChI is InChI=1S/C16H14ClNO2/c1-3-18-14-6-4-10(16(19)20-2)8-12(14)13-9-11(17)5-7-15(13)18/h4-9H,3H2,1-2H3. The molecule has 0 fully saturated rings. The molecule has 0 atom stereocenters. The minimum Gasteiger partial charge on any atom is -0.465 e. The SMILES string of the molecule is CCn1c2ccc(Cl)cc2c2cc(C(=O)OC)ccc21. The minimum atomic E-state index is -0.327. The van der Waals surface area contributed by atoms with Gasteiger partial charge in [-0.3, -0.25) is 0 Å². The van der Waals surface area contributed by atoms with Crippen molar-refractivity contribution in [3.05, 3.63) is 47.0 Å². The third-order valence-corrected chi connectivity index (χ3v) is 3.80. The number of carbonyl (C=O) groups is 1. The van der Waals surface area contributed by atoms with Gasteiger partial charge in [0, 0.05) is 33.4 Å². The smallest absolute Gasteiger partial charge is 0.337 e. The van der Waals surface area contributed by atoms with Gasteiger partial charge in [-0.25, -0.2) is 4.79 Å². The Kier molecular flexibility index (Phi) is 3.14. The first-order valence-electron chi connectivity index (χ1n) is 6.45. The number of hydrogen-bond donors (Lipinski definition) is 0. The van der Waals surface area contributed by atoms with E-state index < -0.39 is 0 Å². The van der Waals surface area contributed by atoms with Crippen molar-refractivity contribution in [2.75, 3.05) is 7.11 Å². The zero-order valence-electron chi connectivity index (χ0n) is 11.3. The molecule has 1 heterocycles. The number of fused-ring (bicyclic) bond motifs is 3. The van der Waals surface area contributed by atoms with Gasteiger partial charge in [-0.05, 0) is 43.3 Å². The van der Waals surface area contributed by atoms with Crippen LogP contribution >= 0.6 is 11.6 Å². The summed E-state index contributed by atoms with van der Waals surface area (Å²) in [5.41, 5.74) is 2.77. The number of nitrogens with zero attached hydrogens (tertiary/aromatic N) is 1. The molecule has 3 nitrogen and oxygen atoms in total. The van der Waals surface area contributed by atoms with E-state index in [0.717, 1.165) is 28.4 Å². The number of halogens is 1. The zero-order chi connectivity index (χ0) is 14.3. The highest BCUT2D eigenvalue weighted by atomic mass is 35.5. The molecule has 20 heavy (non-hydrogen) atoms. The largest absolute Gasteiger partial charge is 0.465 e. The van der Waals surface area contributed by atoms with Crippen LogP contribution in [0.1, 0.15) is 17.3 Å². The number of carbonyl (C=O) groups excluding carboxylic acids is 1. The topological polar surface area (TPSA) is 31.2 Å². The molecule has 0 radical (unpaired) electrons. The highest BCUT2D eigenvalue weighted by Crippen LogP contribution is 2.31. The van der Waals surface area contributed by atoms with Crippen molar-refractivity contribution >= 4 is 39.4 Å². The van der Waals surface area contributed by atoms with E-state index in [1.54, 1.807) is 6.07 Å². The molecule has 4 heteroatoms. The average molecular weight is 288 g/mol. The molecule has 0 saturated heterocycles. The van der Waals surface area contributed by atoms with Crippen LogP contribution in [0, 0.1) is 0 Å². The van der Waals surface area contributed by atoms with E-state index in [9.17, 15) is 4.79 Å². The predicted molar refractivity (Wildman–Crippen MR) is 81.5 cm³/mol. The van der Waals surface area contributed by atoms with Gasteiger partial charge in [0.1, 0.15) is 0 Å². The number of esters is 1. The van der Waals surface area contributed by atoms with E-state index in [-0.39, 0.29) is 5.97 Å². The van der Waals surface area contributed by atoms with Gasteiger partial charge >= 0.3 is 5.97 Å². The van der Waals surface area contributed by atoms with Crippen molar-refractivity contribution in [2.45, 2.75) is 13.5 Å². The Bertz CT molecular complexity index is 820. The monoisotopic (exact) mass is 287 g/mol. The minimum absolute atomic E-state index is 0.327. The van der Waals surface area contributed by atoms with Crippen molar-refractivity contribution in [1.82, 2.24) is 4.57 Å². The summed E-state index contributed by atoms with van der Waals surface area (Å²) in [5, 5.41) is 2.77. The third kappa shape index (κ3) is 1.86. The average Bonchev–Trinajstić information content (AvgIpc) is 2.78. The molecular weight excluding hydrogens is 274 g/mol. The Balaban J connectivity index is 2.41. The molecule has 0 unspecified atom stereocenters. The maximum absolute atomic E-state index is 11.7. The fraction of sp³-hybridized carbons (Fsp3) is 0.188. The fourth-order valence-corrected chi connectivity index (χ4v) is 2.83. The zero-order valence-corrected chi connectivity index (χ0v) is 12.1. The van der Waals surface area contributed by atoms with Crippen LogP contribution in [0.2, 0.25) is 5.02 Å². The molecule has 3 aromatic rings. The maximum Gasteiger partial charge on any atom is 0.337 e. The Morgan fingerprint density at radius 2 is 1.80 bits per heavy atom. The molecule has 0 aliphatic rings. The number of methoxy groups -OCH3 is 1. The second-order valence-corrected chi connectivity index (χ2v) is 5.07. The summed E-state index contributed by atoms with van der Waals surface area (Å²) in [6.07, 6.45) is 0. The Morgan fingerprint density at radius 3 is 2.45 bits per heavy atom. The molecular formula is C16H14ClNO2. The number of ether oxygens (including phenoxy) is 1. The quantitative estimate of drug-likeness (QED) is 0.660. The van der Waals surface area contributed by atoms with Gasteiger partial charge in [-0.2, -0.15) is 0 Å². The second kappa shape index (κ2) is 4.84. The molecule has 0 aliphatic heterocycles. The lowest BCUT2D eigenvalue weighted by molar-refractivity contribution is 0.0601. The number of hydrogen-bond acceptors (Lipinski definition) is 2. The van der Waals surface area contributed by atoms with E-state index in [4.69, 9.17) is 16.3 Å². The van der Waals surface area contributed by atoms with Gasteiger partial charge in [0.25, 0.3) is 0 Å². The predicted octanol–water partition coefficient (Wildman–Crippen LogP) is 4.25. The molecule has 0 aliphatic carbocycles. The maximum atomic E-state index is 11.7. The summed E-state index contributed by atoms with van der Waals surface area (Å²) in [4.78, 5) is 11.7. The Morgan fingerprint density at radius 1 is 1.15 bits per heavy atom. The van der Waals surface area contributed by atoms with Crippen molar-refractivity contribution < 1.29 is 9.53 Å². The highest BCUT2D eigenvalue weighted by Gasteiger charge is 2.13. The van der Waals surface area contributed by atoms with Crippen molar-refractivity contribution in [1.29, 1.82) is 0 Å². The lowest BCUT2D eigenvalue weighted by Crippen LogP contribution is -2.00. The van der Waals surface area contributed by atoms with Gasteiger partial charge in [0.05, 0.1) is 12.7 Å². The van der Waals surface area contributed by atoms with E-state index in [0.29, 0.717) is 10.6 Å². The van der Waals surface area contributed by atoms with Crippen LogP contribution in [0.15, 0.2) is 36.4 Å². The van der Waals surface area contributed by atoms with Gasteiger partial charge in [-0.15, -0.1) is 0 Å². The van der Waals surface area contributed by atoms with Crippen molar-refractivity contribution in [3.63, 3.8) is 0 Å². The number of aromatic nitrogens is 1. The molecule has 0 saturated carbocycles.